The Morgan fingerprint density at radius 1 is 1.78 bits per heavy atom. The Morgan fingerprint density at radius 3 is 3.00 bits per heavy atom. The van der Waals surface area contributed by atoms with Crippen molar-refractivity contribution in [2.75, 3.05) is 0 Å². The monoisotopic (exact) mass is 131 g/mol. The largest absolute Gasteiger partial charge is 0.347 e. The second kappa shape index (κ2) is 2.03. The fraction of sp³-hybridized carbons (Fsp3) is 0. The Hall–Kier alpha value is -1.73. The maximum absolute atomic E-state index is 9.53. The molecule has 0 aliphatic carbocycles. The van der Waals surface area contributed by atoms with E-state index in [-0.39, 0.29) is 0 Å². The molecule has 8 heteroatoms. The second-order valence-corrected chi connectivity index (χ2v) is 1.01. The third-order valence-electron chi connectivity index (χ3n) is 0.482. The first-order valence-corrected chi connectivity index (χ1v) is 1.85. The highest BCUT2D eigenvalue weighted by Gasteiger charge is 2.01. The summed E-state index contributed by atoms with van der Waals surface area (Å²) in [5, 5.41) is 19.8. The smallest absolute Gasteiger partial charge is 0.231 e. The molecule has 0 aliphatic heterocycles. The zero-order chi connectivity index (χ0) is 6.69. The van der Waals surface area contributed by atoms with E-state index in [9.17, 15) is 10.1 Å². The average molecular weight is 131 g/mol. The number of nitrogens with zero attached hydrogens (tertiary/aromatic N) is 4. The molecule has 1 aromatic heterocycles. The van der Waals surface area contributed by atoms with E-state index in [0.717, 1.165) is 0 Å². The van der Waals surface area contributed by atoms with Crippen molar-refractivity contribution in [3.05, 3.63) is 10.1 Å². The molecule has 0 bridgehead atoms. The van der Waals surface area contributed by atoms with Gasteiger partial charge in [-0.3, -0.25) is 0 Å². The average Bonchev–Trinajstić information content (AvgIpc) is 2.15. The van der Waals surface area contributed by atoms with Crippen LogP contribution in [0.4, 0.5) is 0 Å². The number of rotatable bonds is 2. The topological polar surface area (TPSA) is 107 Å². The fourth-order valence-electron chi connectivity index (χ4n) is 0.258. The van der Waals surface area contributed by atoms with Gasteiger partial charge in [-0.2, -0.15) is 5.21 Å². The molecular weight excluding hydrogens is 130 g/mol. The normalized spacial score (nSPS) is 8.89. The first-order valence-electron chi connectivity index (χ1n) is 1.85. The summed E-state index contributed by atoms with van der Waals surface area (Å²) >= 11 is 0. The molecule has 8 nitrogen and oxygen atoms in total. The number of aromatic amines is 1. The molecular formula is CHN5O3. The lowest BCUT2D eigenvalue weighted by Gasteiger charge is -1.82. The van der Waals surface area contributed by atoms with Gasteiger partial charge >= 0.3 is 11.1 Å². The second-order valence-electron chi connectivity index (χ2n) is 1.01. The van der Waals surface area contributed by atoms with Crippen LogP contribution < -0.4 is 4.84 Å². The molecule has 0 saturated heterocycles. The van der Waals surface area contributed by atoms with E-state index in [0.29, 0.717) is 0 Å². The molecule has 0 aliphatic rings. The van der Waals surface area contributed by atoms with E-state index >= 15 is 0 Å². The van der Waals surface area contributed by atoms with Gasteiger partial charge in [-0.15, -0.1) is 15.2 Å². The van der Waals surface area contributed by atoms with Crippen molar-refractivity contribution in [3.63, 3.8) is 0 Å². The highest BCUT2D eigenvalue weighted by molar-refractivity contribution is 4.77. The third kappa shape index (κ3) is 1.33. The summed E-state index contributed by atoms with van der Waals surface area (Å²) < 4.78 is 0. The van der Waals surface area contributed by atoms with E-state index in [1.165, 1.54) is 0 Å². The fourth-order valence-corrected chi connectivity index (χ4v) is 0.258. The van der Waals surface area contributed by atoms with Crippen molar-refractivity contribution in [3.8, 4) is 6.01 Å². The number of H-pyrrole nitrogens is 1. The summed E-state index contributed by atoms with van der Waals surface area (Å²) in [7, 11) is 0. The van der Waals surface area contributed by atoms with E-state index < -0.39 is 11.1 Å². The zero-order valence-corrected chi connectivity index (χ0v) is 4.01. The molecule has 0 atom stereocenters. The molecule has 1 rings (SSSR count). The van der Waals surface area contributed by atoms with Gasteiger partial charge in [0.05, 0.1) is 0 Å². The van der Waals surface area contributed by atoms with Gasteiger partial charge < -0.3 is 0 Å². The van der Waals surface area contributed by atoms with Crippen molar-refractivity contribution < 1.29 is 9.92 Å². The standard InChI is InChI=1S/CHN5O3/c7-6(8)9-1-2-4-5-3-1/h(H,2,3,4,5). The predicted molar refractivity (Wildman–Crippen MR) is 21.8 cm³/mol. The van der Waals surface area contributed by atoms with Crippen LogP contribution >= 0.6 is 0 Å². The lowest BCUT2D eigenvalue weighted by Crippen LogP contribution is -2.04. The summed E-state index contributed by atoms with van der Waals surface area (Å²) in [5.74, 6) is 0. The van der Waals surface area contributed by atoms with Crippen molar-refractivity contribution in [2.45, 2.75) is 0 Å². The molecule has 1 heterocycles. The van der Waals surface area contributed by atoms with Gasteiger partial charge in [0.25, 0.3) is 0 Å². The van der Waals surface area contributed by atoms with Crippen molar-refractivity contribution in [2.24, 2.45) is 0 Å². The van der Waals surface area contributed by atoms with E-state index in [2.05, 4.69) is 20.2 Å². The quantitative estimate of drug-likeness (QED) is 0.397. The Morgan fingerprint density at radius 2 is 2.56 bits per heavy atom. The molecule has 0 amide bonds. The highest BCUT2D eigenvalue weighted by Crippen LogP contribution is 1.91. The summed E-state index contributed by atoms with van der Waals surface area (Å²) in [5.41, 5.74) is 0. The van der Waals surface area contributed by atoms with Gasteiger partial charge in [0.1, 0.15) is 0 Å². The van der Waals surface area contributed by atoms with Crippen LogP contribution in [0.2, 0.25) is 0 Å². The van der Waals surface area contributed by atoms with E-state index in [1.54, 1.807) is 0 Å². The maximum atomic E-state index is 9.53. The van der Waals surface area contributed by atoms with Crippen LogP contribution in [0.5, 0.6) is 6.01 Å². The maximum Gasteiger partial charge on any atom is 0.347 e. The summed E-state index contributed by atoms with van der Waals surface area (Å²) in [4.78, 5) is 13.3. The number of nitrogens with one attached hydrogen (secondary N) is 1. The number of tetrazole rings is 1. The van der Waals surface area contributed by atoms with Gasteiger partial charge in [0, 0.05) is 0 Å². The number of hydrogen-bond acceptors (Lipinski definition) is 6. The minimum absolute atomic E-state index is 0.403. The van der Waals surface area contributed by atoms with Crippen LogP contribution in [0.3, 0.4) is 0 Å². The van der Waals surface area contributed by atoms with Crippen LogP contribution in [0.1, 0.15) is 0 Å². The third-order valence-corrected chi connectivity index (χ3v) is 0.482. The lowest BCUT2D eigenvalue weighted by molar-refractivity contribution is -0.713. The van der Waals surface area contributed by atoms with Crippen molar-refractivity contribution in [1.82, 2.24) is 20.6 Å². The van der Waals surface area contributed by atoms with E-state index in [4.69, 9.17) is 0 Å². The van der Waals surface area contributed by atoms with Gasteiger partial charge in [0.2, 0.25) is 0 Å². The first-order chi connectivity index (χ1) is 4.29. The van der Waals surface area contributed by atoms with Crippen LogP contribution in [-0.4, -0.2) is 25.7 Å². The molecule has 1 aromatic rings. The summed E-state index contributed by atoms with van der Waals surface area (Å²) in [6.07, 6.45) is 0. The Kier molecular flexibility index (Phi) is 1.22. The molecule has 0 saturated carbocycles. The van der Waals surface area contributed by atoms with Gasteiger partial charge in [0.15, 0.2) is 0 Å². The Labute approximate surface area is 47.9 Å². The van der Waals surface area contributed by atoms with Crippen LogP contribution in [-0.2, 0) is 0 Å². The van der Waals surface area contributed by atoms with Crippen molar-refractivity contribution >= 4 is 0 Å². The predicted octanol–water partition coefficient (Wildman–Crippen LogP) is -1.23. The minimum atomic E-state index is -1.02. The molecule has 0 radical (unpaired) electrons. The van der Waals surface area contributed by atoms with Crippen LogP contribution in [0.15, 0.2) is 0 Å². The molecule has 9 heavy (non-hydrogen) atoms. The first kappa shape index (κ1) is 5.41. The zero-order valence-electron chi connectivity index (χ0n) is 4.01. The Balaban J connectivity index is 2.58. The SMILES string of the molecule is O=[N+]([O-])Oc1nn[nH]n1. The molecule has 1 N–H and O–H groups in total. The number of hydrogen-bond donors (Lipinski definition) is 1. The molecule has 0 spiro atoms. The summed E-state index contributed by atoms with van der Waals surface area (Å²) in [6.45, 7) is 0. The molecule has 0 aromatic carbocycles. The van der Waals surface area contributed by atoms with Crippen LogP contribution in [0.25, 0.3) is 0 Å². The Bertz CT molecular complexity index is 192. The van der Waals surface area contributed by atoms with Crippen molar-refractivity contribution in [1.29, 1.82) is 0 Å². The van der Waals surface area contributed by atoms with E-state index in [1.807, 2.05) is 5.21 Å². The van der Waals surface area contributed by atoms with Gasteiger partial charge in [-0.25, -0.2) is 4.84 Å². The molecule has 48 valence electrons. The summed E-state index contributed by atoms with van der Waals surface area (Å²) in [6, 6.07) is -0.403. The lowest BCUT2D eigenvalue weighted by atomic mass is 11.3. The van der Waals surface area contributed by atoms with Gasteiger partial charge in [-0.1, -0.05) is 5.10 Å². The molecule has 0 unspecified atom stereocenters. The molecule has 0 fully saturated rings. The number of aromatic nitrogens is 4. The van der Waals surface area contributed by atoms with Gasteiger partial charge in [-0.05, 0) is 5.21 Å². The highest BCUT2D eigenvalue weighted by atomic mass is 17.0. The minimum Gasteiger partial charge on any atom is -0.231 e. The van der Waals surface area contributed by atoms with Crippen LogP contribution in [0, 0.1) is 10.1 Å².